The van der Waals surface area contributed by atoms with Gasteiger partial charge in [-0.1, -0.05) is 36.5 Å². The normalized spacial score (nSPS) is 15.2. The zero-order valence-electron chi connectivity index (χ0n) is 22.2. The number of ether oxygens (including phenoxy) is 2. The molecule has 224 valence electrons. The Labute approximate surface area is 247 Å². The topological polar surface area (TPSA) is 197 Å². The fourth-order valence-electron chi connectivity index (χ4n) is 4.51. The monoisotopic (exact) mass is 614 g/mol. The summed E-state index contributed by atoms with van der Waals surface area (Å²) in [6.07, 6.45) is 8.53. The molecule has 0 aliphatic heterocycles. The van der Waals surface area contributed by atoms with Crippen LogP contribution in [0, 0.1) is 0 Å². The van der Waals surface area contributed by atoms with Crippen molar-refractivity contribution in [2.45, 2.75) is 76.4 Å². The first-order valence-electron chi connectivity index (χ1n) is 13.2. The minimum Gasteiger partial charge on any atom is -0.872 e. The van der Waals surface area contributed by atoms with E-state index in [-0.39, 0.29) is 51.2 Å². The first-order valence-corrected chi connectivity index (χ1v) is 13.2. The van der Waals surface area contributed by atoms with Crippen LogP contribution >= 0.6 is 0 Å². The van der Waals surface area contributed by atoms with E-state index in [0.717, 1.165) is 88.5 Å². The third kappa shape index (κ3) is 10.8. The van der Waals surface area contributed by atoms with Crippen LogP contribution in [0.25, 0.3) is 0 Å². The molecule has 2 aliphatic carbocycles. The van der Waals surface area contributed by atoms with Gasteiger partial charge in [0.25, 0.3) is 0 Å². The Morgan fingerprint density at radius 1 is 0.634 bits per heavy atom. The predicted octanol–water partition coefficient (Wildman–Crippen LogP) is 4.68. The van der Waals surface area contributed by atoms with E-state index in [4.69, 9.17) is 19.7 Å². The number of carbonyl (C=O) groups excluding carboxylic acids is 2. The number of rotatable bonds is 6. The summed E-state index contributed by atoms with van der Waals surface area (Å²) in [6.45, 7) is 0. The molecule has 0 atom stereocenters. The van der Waals surface area contributed by atoms with Gasteiger partial charge in [0.1, 0.15) is 12.2 Å². The van der Waals surface area contributed by atoms with Crippen LogP contribution in [0.5, 0.6) is 11.5 Å². The van der Waals surface area contributed by atoms with Gasteiger partial charge in [0.15, 0.2) is 0 Å². The Bertz CT molecular complexity index is 1120. The molecule has 0 heterocycles. The average Bonchev–Trinajstić information content (AvgIpc) is 2.92. The summed E-state index contributed by atoms with van der Waals surface area (Å²) < 4.78 is 10.5. The summed E-state index contributed by atoms with van der Waals surface area (Å²) in [5.41, 5.74) is -0.272. The van der Waals surface area contributed by atoms with Crippen LogP contribution in [0.2, 0.25) is 0 Å². The molecule has 0 unspecified atom stereocenters. The fraction of sp³-hybridized carbons (Fsp3) is 0.429. The summed E-state index contributed by atoms with van der Waals surface area (Å²) in [6, 6.07) is 7.20. The smallest absolute Gasteiger partial charge is 0.872 e. The molecule has 2 aromatic carbocycles. The number of nitrogens with one attached hydrogen (secondary N) is 2. The Morgan fingerprint density at radius 3 is 1.29 bits per heavy atom. The SMILES string of the molecule is O=C(Nc1ccc([O-])c(C(=O)O)c1)OC1CCCCC1.O=C(Nc1ccc([O-])c(C(=O)O)c1)OC1CCCCC1.[Ni+2]. The van der Waals surface area contributed by atoms with Gasteiger partial charge >= 0.3 is 40.6 Å². The van der Waals surface area contributed by atoms with Gasteiger partial charge in [0, 0.05) is 11.4 Å². The Hall–Kier alpha value is -3.99. The van der Waals surface area contributed by atoms with Crippen LogP contribution in [-0.4, -0.2) is 46.5 Å². The van der Waals surface area contributed by atoms with E-state index in [2.05, 4.69) is 10.6 Å². The van der Waals surface area contributed by atoms with Crippen LogP contribution in [0.15, 0.2) is 36.4 Å². The van der Waals surface area contributed by atoms with Gasteiger partial charge in [-0.05, 0) is 75.6 Å². The predicted molar refractivity (Wildman–Crippen MR) is 140 cm³/mol. The maximum absolute atomic E-state index is 11.7. The first kappa shape index (κ1) is 33.2. The Balaban J connectivity index is 0.000000280. The molecular formula is C28H32N2NiO10. The summed E-state index contributed by atoms with van der Waals surface area (Å²) in [4.78, 5) is 45.0. The molecule has 12 nitrogen and oxygen atoms in total. The van der Waals surface area contributed by atoms with E-state index in [1.165, 1.54) is 12.1 Å². The van der Waals surface area contributed by atoms with Gasteiger partial charge < -0.3 is 29.9 Å². The molecule has 4 N–H and O–H groups in total. The number of aromatic carboxylic acids is 2. The van der Waals surface area contributed by atoms with Gasteiger partial charge in [-0.25, -0.2) is 19.2 Å². The van der Waals surface area contributed by atoms with Crippen molar-refractivity contribution in [2.75, 3.05) is 10.6 Å². The minimum atomic E-state index is -1.32. The third-order valence-corrected chi connectivity index (χ3v) is 6.56. The summed E-state index contributed by atoms with van der Waals surface area (Å²) in [7, 11) is 0. The second-order valence-electron chi connectivity index (χ2n) is 9.61. The van der Waals surface area contributed by atoms with E-state index in [9.17, 15) is 29.4 Å². The molecule has 2 fully saturated rings. The molecule has 13 heteroatoms. The Morgan fingerprint density at radius 2 is 0.976 bits per heavy atom. The zero-order chi connectivity index (χ0) is 29.1. The maximum atomic E-state index is 11.7. The molecule has 2 aliphatic rings. The van der Waals surface area contributed by atoms with Crippen molar-refractivity contribution in [3.05, 3.63) is 47.5 Å². The summed E-state index contributed by atoms with van der Waals surface area (Å²) in [5, 5.41) is 45.2. The van der Waals surface area contributed by atoms with Gasteiger partial charge in [0.2, 0.25) is 0 Å². The molecule has 2 aromatic rings. The standard InChI is InChI=1S/2C14H17NO5.Ni/c2*16-12-7-6-9(8-11(12)13(17)18)15-14(19)20-10-4-2-1-3-5-10;/h2*6-8,10,16H,1-5H2,(H,15,19)(H,17,18);/q;;+2/p-2. The number of carbonyl (C=O) groups is 4. The molecule has 41 heavy (non-hydrogen) atoms. The van der Waals surface area contributed by atoms with Crippen LogP contribution < -0.4 is 20.8 Å². The van der Waals surface area contributed by atoms with Crippen molar-refractivity contribution < 1.29 is 65.6 Å². The maximum Gasteiger partial charge on any atom is 2.00 e. The van der Waals surface area contributed by atoms with Crippen molar-refractivity contribution in [1.82, 2.24) is 0 Å². The van der Waals surface area contributed by atoms with E-state index in [1.54, 1.807) is 0 Å². The number of benzene rings is 2. The molecule has 0 bridgehead atoms. The van der Waals surface area contributed by atoms with Gasteiger partial charge in [-0.3, -0.25) is 10.6 Å². The van der Waals surface area contributed by atoms with Gasteiger partial charge in [0.05, 0.1) is 11.1 Å². The van der Waals surface area contributed by atoms with E-state index in [1.807, 2.05) is 0 Å². The third-order valence-electron chi connectivity index (χ3n) is 6.56. The van der Waals surface area contributed by atoms with E-state index < -0.39 is 35.6 Å². The van der Waals surface area contributed by atoms with Crippen LogP contribution in [0.1, 0.15) is 84.9 Å². The van der Waals surface area contributed by atoms with Crippen molar-refractivity contribution >= 4 is 35.5 Å². The molecule has 0 aromatic heterocycles. The molecule has 4 rings (SSSR count). The second kappa shape index (κ2) is 16.3. The fourth-order valence-corrected chi connectivity index (χ4v) is 4.51. The molecule has 0 saturated heterocycles. The zero-order valence-corrected chi connectivity index (χ0v) is 23.2. The van der Waals surface area contributed by atoms with Crippen LogP contribution in [0.4, 0.5) is 21.0 Å². The average molecular weight is 615 g/mol. The number of carboxylic acid groups (broad SMARTS) is 2. The molecular weight excluding hydrogens is 583 g/mol. The largest absolute Gasteiger partial charge is 2.00 e. The number of amides is 2. The van der Waals surface area contributed by atoms with Gasteiger partial charge in [-0.2, -0.15) is 0 Å². The minimum absolute atomic E-state index is 0. The first-order chi connectivity index (χ1) is 19.1. The quantitative estimate of drug-likeness (QED) is 0.331. The van der Waals surface area contributed by atoms with E-state index >= 15 is 0 Å². The number of hydrogen-bond acceptors (Lipinski definition) is 8. The van der Waals surface area contributed by atoms with Crippen molar-refractivity contribution in [3.63, 3.8) is 0 Å². The number of hydrogen-bond donors (Lipinski definition) is 4. The second-order valence-corrected chi connectivity index (χ2v) is 9.61. The summed E-state index contributed by atoms with van der Waals surface area (Å²) >= 11 is 0. The summed E-state index contributed by atoms with van der Waals surface area (Å²) in [5.74, 6) is -3.83. The van der Waals surface area contributed by atoms with Gasteiger partial charge in [-0.15, -0.1) is 0 Å². The van der Waals surface area contributed by atoms with Crippen LogP contribution in [0.3, 0.4) is 0 Å². The van der Waals surface area contributed by atoms with Crippen LogP contribution in [-0.2, 0) is 26.0 Å². The molecule has 0 spiro atoms. The molecule has 2 saturated carbocycles. The van der Waals surface area contributed by atoms with Crippen molar-refractivity contribution in [2.24, 2.45) is 0 Å². The molecule has 0 radical (unpaired) electrons. The van der Waals surface area contributed by atoms with Crippen molar-refractivity contribution in [3.8, 4) is 11.5 Å². The van der Waals surface area contributed by atoms with Crippen molar-refractivity contribution in [1.29, 1.82) is 0 Å². The number of anilines is 2. The van der Waals surface area contributed by atoms with E-state index in [0.29, 0.717) is 0 Å². The molecule has 2 amide bonds. The number of carboxylic acids is 2. The Kier molecular flexibility index (Phi) is 13.2.